The second-order valence-electron chi connectivity index (χ2n) is 12.3. The van der Waals surface area contributed by atoms with Crippen molar-refractivity contribution < 1.29 is 19.1 Å². The number of piperazine rings is 1. The molecule has 2 fully saturated rings. The first-order chi connectivity index (χ1) is 21.3. The zero-order valence-electron chi connectivity index (χ0n) is 26.3. The third-order valence-corrected chi connectivity index (χ3v) is 9.68. The normalized spacial score (nSPS) is 20.9. The summed E-state index contributed by atoms with van der Waals surface area (Å²) in [7, 11) is 3.43. The van der Waals surface area contributed by atoms with Crippen LogP contribution in [-0.2, 0) is 20.8 Å². The van der Waals surface area contributed by atoms with Crippen molar-refractivity contribution in [1.29, 1.82) is 0 Å². The number of carbonyl (C=O) groups is 3. The van der Waals surface area contributed by atoms with Crippen LogP contribution in [0.25, 0.3) is 0 Å². The van der Waals surface area contributed by atoms with Crippen molar-refractivity contribution in [2.75, 3.05) is 73.4 Å². The number of benzene rings is 1. The number of hydrogen-bond acceptors (Lipinski definition) is 9. The summed E-state index contributed by atoms with van der Waals surface area (Å²) < 4.78 is 5.78. The third-order valence-electron chi connectivity index (χ3n) is 9.68. The Kier molecular flexibility index (Phi) is 8.61. The Hall–Kier alpha value is -3.93. The number of likely N-dealkylation sites (N-methyl/N-ethyl adjacent to an activating group) is 1. The summed E-state index contributed by atoms with van der Waals surface area (Å²) in [6, 6.07) is 3.99. The molecule has 1 saturated carbocycles. The fourth-order valence-electron chi connectivity index (χ4n) is 7.18. The first-order valence-electron chi connectivity index (χ1n) is 16.0. The van der Waals surface area contributed by atoms with E-state index in [1.54, 1.807) is 32.2 Å². The van der Waals surface area contributed by atoms with Crippen molar-refractivity contribution in [2.45, 2.75) is 70.9 Å². The minimum absolute atomic E-state index is 0.0488. The first-order valence-corrected chi connectivity index (χ1v) is 16.0. The molecule has 0 unspecified atom stereocenters. The Morgan fingerprint density at radius 1 is 1.05 bits per heavy atom. The van der Waals surface area contributed by atoms with Gasteiger partial charge < -0.3 is 29.7 Å². The number of fused-ring (bicyclic) bond motifs is 2. The fraction of sp³-hybridized carbons (Fsp3) is 0.594. The number of rotatable bonds is 7. The minimum atomic E-state index is -0.241. The maximum Gasteiger partial charge on any atom is 0.249 e. The van der Waals surface area contributed by atoms with Gasteiger partial charge in [0.15, 0.2) is 5.82 Å². The van der Waals surface area contributed by atoms with Gasteiger partial charge in [-0.15, -0.1) is 0 Å². The zero-order valence-corrected chi connectivity index (χ0v) is 26.3. The summed E-state index contributed by atoms with van der Waals surface area (Å²) in [6.45, 7) is 7.27. The van der Waals surface area contributed by atoms with Crippen molar-refractivity contribution in [3.8, 4) is 5.75 Å². The van der Waals surface area contributed by atoms with Gasteiger partial charge in [-0.3, -0.25) is 19.3 Å². The van der Waals surface area contributed by atoms with Gasteiger partial charge in [0, 0.05) is 58.8 Å². The van der Waals surface area contributed by atoms with Crippen molar-refractivity contribution in [2.24, 2.45) is 0 Å². The average Bonchev–Trinajstić information content (AvgIpc) is 3.45. The summed E-state index contributed by atoms with van der Waals surface area (Å²) in [6.07, 6.45) is 8.87. The van der Waals surface area contributed by atoms with Gasteiger partial charge in [0.25, 0.3) is 0 Å². The Morgan fingerprint density at radius 2 is 1.80 bits per heavy atom. The van der Waals surface area contributed by atoms with Gasteiger partial charge in [-0.05, 0) is 37.3 Å². The molecular weight excluding hydrogens is 560 g/mol. The van der Waals surface area contributed by atoms with Gasteiger partial charge >= 0.3 is 0 Å². The van der Waals surface area contributed by atoms with E-state index in [1.165, 1.54) is 6.42 Å². The standard InChI is InChI=1S/C32H44N8O4/c1-5-25-31(43)36(3)27-19-33-32(35-30(27)40(25)23-9-7-6-8-10-23)34-24-17-22-11-12-39(26(22)18-28(24)44-4)29(42)20-37-13-15-38(16-14-37)21(2)41/h17-19,23,25H,5-16,20H2,1-4H3,(H,33,34,35)/t25-/m1/s1. The topological polar surface area (TPSA) is 114 Å². The molecule has 4 aliphatic rings. The SMILES string of the molecule is CC[C@@H]1C(=O)N(C)c2cnc(Nc3cc4c(cc3OC)N(C(=O)CN3CCN(C(C)=O)CC3)CC4)nc2N1C1CCCCC1. The Morgan fingerprint density at radius 3 is 2.48 bits per heavy atom. The second-order valence-corrected chi connectivity index (χ2v) is 12.3. The van der Waals surface area contributed by atoms with E-state index in [-0.39, 0.29) is 29.8 Å². The molecule has 1 atom stereocenters. The van der Waals surface area contributed by atoms with E-state index >= 15 is 0 Å². The number of nitrogens with zero attached hydrogens (tertiary/aromatic N) is 7. The van der Waals surface area contributed by atoms with Gasteiger partial charge in [-0.25, -0.2) is 4.98 Å². The molecule has 1 aliphatic carbocycles. The number of methoxy groups -OCH3 is 1. The maximum atomic E-state index is 13.4. The maximum absolute atomic E-state index is 13.4. The van der Waals surface area contributed by atoms with Crippen molar-refractivity contribution >= 4 is 46.5 Å². The molecule has 3 aliphatic heterocycles. The highest BCUT2D eigenvalue weighted by Crippen LogP contribution is 2.41. The van der Waals surface area contributed by atoms with Crippen LogP contribution in [0.5, 0.6) is 5.75 Å². The highest BCUT2D eigenvalue weighted by atomic mass is 16.5. The fourth-order valence-corrected chi connectivity index (χ4v) is 7.18. The third kappa shape index (κ3) is 5.67. The molecule has 0 spiro atoms. The molecule has 6 rings (SSSR count). The van der Waals surface area contributed by atoms with E-state index in [1.807, 2.05) is 21.9 Å². The molecule has 0 bridgehead atoms. The van der Waals surface area contributed by atoms with Gasteiger partial charge in [-0.1, -0.05) is 26.2 Å². The van der Waals surface area contributed by atoms with E-state index in [0.29, 0.717) is 57.4 Å². The smallest absolute Gasteiger partial charge is 0.249 e. The minimum Gasteiger partial charge on any atom is -0.494 e. The Labute approximate surface area is 259 Å². The van der Waals surface area contributed by atoms with Crippen LogP contribution in [0.4, 0.5) is 28.8 Å². The lowest BCUT2D eigenvalue weighted by molar-refractivity contribution is -0.130. The van der Waals surface area contributed by atoms with Crippen molar-refractivity contribution in [3.63, 3.8) is 0 Å². The van der Waals surface area contributed by atoms with E-state index in [9.17, 15) is 14.4 Å². The number of nitrogens with one attached hydrogen (secondary N) is 1. The summed E-state index contributed by atoms with van der Waals surface area (Å²) >= 11 is 0. The van der Waals surface area contributed by atoms with Crippen LogP contribution in [0.3, 0.4) is 0 Å². The summed E-state index contributed by atoms with van der Waals surface area (Å²) in [5, 5.41) is 3.39. The van der Waals surface area contributed by atoms with Crippen LogP contribution in [0.1, 0.15) is 57.9 Å². The van der Waals surface area contributed by atoms with Crippen LogP contribution in [0, 0.1) is 0 Å². The number of aromatic nitrogens is 2. The predicted molar refractivity (Wildman–Crippen MR) is 170 cm³/mol. The monoisotopic (exact) mass is 604 g/mol. The Bertz CT molecular complexity index is 1420. The zero-order chi connectivity index (χ0) is 31.0. The molecule has 0 radical (unpaired) electrons. The van der Waals surface area contributed by atoms with Crippen LogP contribution >= 0.6 is 0 Å². The molecule has 1 N–H and O–H groups in total. The van der Waals surface area contributed by atoms with Crippen LogP contribution in [-0.4, -0.2) is 103 Å². The van der Waals surface area contributed by atoms with E-state index in [0.717, 1.165) is 60.5 Å². The second kappa shape index (κ2) is 12.6. The van der Waals surface area contributed by atoms with E-state index < -0.39 is 0 Å². The first kappa shape index (κ1) is 30.1. The number of hydrogen-bond donors (Lipinski definition) is 1. The Balaban J connectivity index is 1.22. The van der Waals surface area contributed by atoms with Crippen molar-refractivity contribution in [3.05, 3.63) is 23.9 Å². The van der Waals surface area contributed by atoms with Gasteiger partial charge in [0.05, 0.1) is 31.2 Å². The van der Waals surface area contributed by atoms with E-state index in [4.69, 9.17) is 9.72 Å². The lowest BCUT2D eigenvalue weighted by Crippen LogP contribution is -2.56. The van der Waals surface area contributed by atoms with E-state index in [2.05, 4.69) is 27.0 Å². The highest BCUT2D eigenvalue weighted by Gasteiger charge is 2.41. The molecule has 4 heterocycles. The molecule has 236 valence electrons. The van der Waals surface area contributed by atoms with Crippen LogP contribution in [0.15, 0.2) is 18.3 Å². The molecule has 44 heavy (non-hydrogen) atoms. The molecule has 3 amide bonds. The number of anilines is 5. The molecule has 1 saturated heterocycles. The molecular formula is C32H44N8O4. The molecule has 2 aromatic rings. The number of amides is 3. The number of ether oxygens (including phenoxy) is 1. The van der Waals surface area contributed by atoms with Gasteiger partial charge in [-0.2, -0.15) is 4.98 Å². The lowest BCUT2D eigenvalue weighted by atomic mass is 9.91. The van der Waals surface area contributed by atoms with Crippen molar-refractivity contribution in [1.82, 2.24) is 19.8 Å². The molecule has 12 heteroatoms. The largest absolute Gasteiger partial charge is 0.494 e. The molecule has 12 nitrogen and oxygen atoms in total. The highest BCUT2D eigenvalue weighted by molar-refractivity contribution is 6.04. The van der Waals surface area contributed by atoms with Gasteiger partial charge in [0.2, 0.25) is 23.7 Å². The molecule has 1 aromatic heterocycles. The summed E-state index contributed by atoms with van der Waals surface area (Å²) in [4.78, 5) is 57.7. The average molecular weight is 605 g/mol. The summed E-state index contributed by atoms with van der Waals surface area (Å²) in [5.41, 5.74) is 3.38. The van der Waals surface area contributed by atoms with Crippen LogP contribution in [0.2, 0.25) is 0 Å². The molecule has 1 aromatic carbocycles. The van der Waals surface area contributed by atoms with Crippen LogP contribution < -0.4 is 24.8 Å². The summed E-state index contributed by atoms with van der Waals surface area (Å²) in [5.74, 6) is 2.05. The lowest BCUT2D eigenvalue weighted by Gasteiger charge is -2.45. The predicted octanol–water partition coefficient (Wildman–Crippen LogP) is 3.18. The quantitative estimate of drug-likeness (QED) is 0.509. The number of carbonyl (C=O) groups excluding carboxylic acids is 3. The van der Waals surface area contributed by atoms with Gasteiger partial charge in [0.1, 0.15) is 17.5 Å².